The molecule has 2 aliphatic rings. The SMILES string of the molecule is CN(Cc1cnn(C)c1)C(=O)C12CCC(=O)N1c1ccccc1C(=O)N2Cc1ccccc1. The van der Waals surface area contributed by atoms with Crippen molar-refractivity contribution in [2.75, 3.05) is 11.9 Å². The van der Waals surface area contributed by atoms with Gasteiger partial charge in [0.25, 0.3) is 11.8 Å². The first-order valence-electron chi connectivity index (χ1n) is 10.9. The van der Waals surface area contributed by atoms with Gasteiger partial charge in [0.2, 0.25) is 11.6 Å². The molecule has 168 valence electrons. The summed E-state index contributed by atoms with van der Waals surface area (Å²) < 4.78 is 1.68. The molecule has 0 N–H and O–H groups in total. The Morgan fingerprint density at radius 1 is 1.06 bits per heavy atom. The van der Waals surface area contributed by atoms with E-state index in [1.54, 1.807) is 56.9 Å². The highest BCUT2D eigenvalue weighted by molar-refractivity contribution is 6.16. The Hall–Kier alpha value is -3.94. The van der Waals surface area contributed by atoms with Gasteiger partial charge < -0.3 is 9.80 Å². The molecule has 0 bridgehead atoms. The Labute approximate surface area is 192 Å². The van der Waals surface area contributed by atoms with Gasteiger partial charge in [-0.15, -0.1) is 0 Å². The predicted molar refractivity (Wildman–Crippen MR) is 122 cm³/mol. The van der Waals surface area contributed by atoms with Crippen LogP contribution in [0.25, 0.3) is 0 Å². The molecule has 2 aliphatic heterocycles. The molecule has 1 saturated heterocycles. The second kappa shape index (κ2) is 7.88. The van der Waals surface area contributed by atoms with E-state index in [0.29, 0.717) is 17.8 Å². The molecule has 0 spiro atoms. The molecule has 8 nitrogen and oxygen atoms in total. The molecule has 1 fully saturated rings. The lowest BCUT2D eigenvalue weighted by Crippen LogP contribution is -2.70. The molecule has 0 saturated carbocycles. The summed E-state index contributed by atoms with van der Waals surface area (Å²) in [6.45, 7) is 0.551. The molecule has 8 heteroatoms. The van der Waals surface area contributed by atoms with Gasteiger partial charge in [-0.2, -0.15) is 5.10 Å². The van der Waals surface area contributed by atoms with Crippen molar-refractivity contribution in [1.29, 1.82) is 0 Å². The van der Waals surface area contributed by atoms with Crippen LogP contribution < -0.4 is 4.90 Å². The van der Waals surface area contributed by atoms with Crippen LogP contribution in [0, 0.1) is 0 Å². The number of anilines is 1. The third kappa shape index (κ3) is 3.29. The minimum atomic E-state index is -1.41. The molecular formula is C25H25N5O3. The molecule has 3 amide bonds. The average Bonchev–Trinajstić information content (AvgIpc) is 3.40. The lowest BCUT2D eigenvalue weighted by atomic mass is 9.94. The number of aromatic nitrogens is 2. The van der Waals surface area contributed by atoms with Crippen molar-refractivity contribution in [3.05, 3.63) is 83.7 Å². The van der Waals surface area contributed by atoms with Gasteiger partial charge in [-0.3, -0.25) is 24.0 Å². The molecule has 3 heterocycles. The van der Waals surface area contributed by atoms with E-state index in [2.05, 4.69) is 5.10 Å². The first kappa shape index (κ1) is 20.9. The van der Waals surface area contributed by atoms with Crippen molar-refractivity contribution in [3.63, 3.8) is 0 Å². The van der Waals surface area contributed by atoms with Crippen LogP contribution in [0.5, 0.6) is 0 Å². The number of hydrogen-bond acceptors (Lipinski definition) is 4. The first-order chi connectivity index (χ1) is 15.9. The Morgan fingerprint density at radius 3 is 2.52 bits per heavy atom. The fraction of sp³-hybridized carbons (Fsp3) is 0.280. The van der Waals surface area contributed by atoms with Gasteiger partial charge in [-0.1, -0.05) is 42.5 Å². The number of para-hydroxylation sites is 1. The van der Waals surface area contributed by atoms with Crippen LogP contribution in [0.4, 0.5) is 5.69 Å². The van der Waals surface area contributed by atoms with E-state index in [1.165, 1.54) is 0 Å². The highest BCUT2D eigenvalue weighted by Gasteiger charge is 2.61. The van der Waals surface area contributed by atoms with Crippen LogP contribution in [0.3, 0.4) is 0 Å². The van der Waals surface area contributed by atoms with Gasteiger partial charge in [0.1, 0.15) is 0 Å². The fourth-order valence-corrected chi connectivity index (χ4v) is 4.95. The van der Waals surface area contributed by atoms with Crippen molar-refractivity contribution >= 4 is 23.4 Å². The number of rotatable bonds is 5. The van der Waals surface area contributed by atoms with Crippen molar-refractivity contribution in [3.8, 4) is 0 Å². The summed E-state index contributed by atoms with van der Waals surface area (Å²) >= 11 is 0. The number of nitrogens with zero attached hydrogens (tertiary/aromatic N) is 5. The number of hydrogen-bond donors (Lipinski definition) is 0. The topological polar surface area (TPSA) is 78.8 Å². The zero-order chi connectivity index (χ0) is 23.2. The smallest absolute Gasteiger partial charge is 0.270 e. The Balaban J connectivity index is 1.62. The number of carbonyl (C=O) groups is 3. The number of aryl methyl sites for hydroxylation is 1. The highest BCUT2D eigenvalue weighted by atomic mass is 16.2. The largest absolute Gasteiger partial charge is 0.338 e. The molecule has 1 aromatic heterocycles. The number of fused-ring (bicyclic) bond motifs is 3. The quantitative estimate of drug-likeness (QED) is 0.607. The van der Waals surface area contributed by atoms with Crippen LogP contribution in [0.1, 0.15) is 34.3 Å². The maximum Gasteiger partial charge on any atom is 0.270 e. The Bertz CT molecular complexity index is 1240. The normalized spacial score (nSPS) is 19.5. The summed E-state index contributed by atoms with van der Waals surface area (Å²) in [5.41, 5.74) is 1.29. The van der Waals surface area contributed by atoms with E-state index >= 15 is 0 Å². The zero-order valence-electron chi connectivity index (χ0n) is 18.6. The molecule has 33 heavy (non-hydrogen) atoms. The molecular weight excluding hydrogens is 418 g/mol. The number of benzene rings is 2. The van der Waals surface area contributed by atoms with E-state index in [1.807, 2.05) is 43.6 Å². The lowest BCUT2D eigenvalue weighted by molar-refractivity contribution is -0.143. The van der Waals surface area contributed by atoms with E-state index in [9.17, 15) is 14.4 Å². The molecule has 0 radical (unpaired) electrons. The molecule has 0 aliphatic carbocycles. The Morgan fingerprint density at radius 2 is 1.79 bits per heavy atom. The molecule has 1 unspecified atom stereocenters. The third-order valence-corrected chi connectivity index (χ3v) is 6.42. The van der Waals surface area contributed by atoms with Crippen LogP contribution in [-0.4, -0.2) is 50.0 Å². The number of likely N-dealkylation sites (N-methyl/N-ethyl adjacent to an activating group) is 1. The number of amides is 3. The summed E-state index contributed by atoms with van der Waals surface area (Å²) in [5, 5.41) is 4.18. The van der Waals surface area contributed by atoms with E-state index in [0.717, 1.165) is 11.1 Å². The van der Waals surface area contributed by atoms with Crippen molar-refractivity contribution in [2.24, 2.45) is 7.05 Å². The first-order valence-corrected chi connectivity index (χ1v) is 10.9. The third-order valence-electron chi connectivity index (χ3n) is 6.42. The second-order valence-electron chi connectivity index (χ2n) is 8.62. The molecule has 5 rings (SSSR count). The van der Waals surface area contributed by atoms with E-state index in [4.69, 9.17) is 0 Å². The van der Waals surface area contributed by atoms with E-state index in [-0.39, 0.29) is 37.1 Å². The highest BCUT2D eigenvalue weighted by Crippen LogP contribution is 2.46. The summed E-state index contributed by atoms with van der Waals surface area (Å²) in [4.78, 5) is 45.8. The maximum atomic E-state index is 14.1. The van der Waals surface area contributed by atoms with Crippen molar-refractivity contribution < 1.29 is 14.4 Å². The van der Waals surface area contributed by atoms with E-state index < -0.39 is 5.66 Å². The second-order valence-corrected chi connectivity index (χ2v) is 8.62. The fourth-order valence-electron chi connectivity index (χ4n) is 4.95. The van der Waals surface area contributed by atoms with Crippen LogP contribution in [0.2, 0.25) is 0 Å². The minimum absolute atomic E-state index is 0.156. The maximum absolute atomic E-state index is 14.1. The summed E-state index contributed by atoms with van der Waals surface area (Å²) in [6.07, 6.45) is 4.00. The lowest BCUT2D eigenvalue weighted by Gasteiger charge is -2.50. The molecule has 3 aromatic rings. The minimum Gasteiger partial charge on any atom is -0.338 e. The number of carbonyl (C=O) groups excluding carboxylic acids is 3. The van der Waals surface area contributed by atoms with Gasteiger partial charge in [-0.05, 0) is 17.7 Å². The molecule has 1 atom stereocenters. The van der Waals surface area contributed by atoms with Gasteiger partial charge in [-0.25, -0.2) is 0 Å². The van der Waals surface area contributed by atoms with Gasteiger partial charge in [0, 0.05) is 51.8 Å². The van der Waals surface area contributed by atoms with Gasteiger partial charge >= 0.3 is 0 Å². The van der Waals surface area contributed by atoms with Crippen LogP contribution in [0.15, 0.2) is 67.0 Å². The zero-order valence-corrected chi connectivity index (χ0v) is 18.6. The monoisotopic (exact) mass is 443 g/mol. The summed E-state index contributed by atoms with van der Waals surface area (Å²) in [6, 6.07) is 16.6. The van der Waals surface area contributed by atoms with Crippen LogP contribution in [-0.2, 0) is 29.7 Å². The van der Waals surface area contributed by atoms with Crippen molar-refractivity contribution in [1.82, 2.24) is 19.6 Å². The standard InChI is InChI=1S/C25H25N5O3/c1-27(15-19-14-26-28(2)16-19)24(33)25-13-12-22(31)30(25)21-11-7-6-10-20(21)23(32)29(25)17-18-8-4-3-5-9-18/h3-11,14,16H,12-13,15,17H2,1-2H3. The average molecular weight is 444 g/mol. The summed E-state index contributed by atoms with van der Waals surface area (Å²) in [7, 11) is 3.52. The van der Waals surface area contributed by atoms with Gasteiger partial charge in [0.15, 0.2) is 0 Å². The summed E-state index contributed by atoms with van der Waals surface area (Å²) in [5.74, 6) is -0.685. The predicted octanol–water partition coefficient (Wildman–Crippen LogP) is 2.56. The molecule has 2 aromatic carbocycles. The van der Waals surface area contributed by atoms with Gasteiger partial charge in [0.05, 0.1) is 17.4 Å². The Kier molecular flexibility index (Phi) is 5.00. The van der Waals surface area contributed by atoms with Crippen LogP contribution >= 0.6 is 0 Å². The van der Waals surface area contributed by atoms with Crippen molar-refractivity contribution in [2.45, 2.75) is 31.6 Å².